The van der Waals surface area contributed by atoms with E-state index in [1.54, 1.807) is 0 Å². The zero-order valence-electron chi connectivity index (χ0n) is 12.7. The third kappa shape index (κ3) is 4.90. The number of hydrogen-bond donors (Lipinski definition) is 2. The molecule has 1 spiro atoms. The fourth-order valence-corrected chi connectivity index (χ4v) is 3.02. The molecule has 0 aromatic heterocycles. The molecule has 1 amide bonds. The molecule has 1 atom stereocenters. The Hall–Kier alpha value is -0.320. The maximum atomic E-state index is 12.0. The molecule has 0 aromatic rings. The molecule has 0 radical (unpaired) electrons. The summed E-state index contributed by atoms with van der Waals surface area (Å²) in [5.74, 6) is 1.14. The van der Waals surface area contributed by atoms with E-state index in [0.29, 0.717) is 11.3 Å². The summed E-state index contributed by atoms with van der Waals surface area (Å²) >= 11 is 0. The van der Waals surface area contributed by atoms with Crippen LogP contribution in [0.4, 0.5) is 0 Å². The van der Waals surface area contributed by atoms with Gasteiger partial charge < -0.3 is 15.4 Å². The highest BCUT2D eigenvalue weighted by Crippen LogP contribution is 2.58. The van der Waals surface area contributed by atoms with Gasteiger partial charge in [0.15, 0.2) is 0 Å². The van der Waals surface area contributed by atoms with Crippen LogP contribution >= 0.6 is 12.4 Å². The molecule has 1 unspecified atom stereocenters. The molecule has 1 saturated carbocycles. The molecular weight excluding hydrogens is 276 g/mol. The Morgan fingerprint density at radius 1 is 1.40 bits per heavy atom. The number of piperidine rings is 1. The lowest BCUT2D eigenvalue weighted by Crippen LogP contribution is -2.34. The minimum absolute atomic E-state index is 0. The van der Waals surface area contributed by atoms with E-state index in [4.69, 9.17) is 4.74 Å². The highest BCUT2D eigenvalue weighted by atomic mass is 35.5. The highest BCUT2D eigenvalue weighted by Gasteiger charge is 2.57. The summed E-state index contributed by atoms with van der Waals surface area (Å²) in [7, 11) is 0. The van der Waals surface area contributed by atoms with Gasteiger partial charge in [0, 0.05) is 25.7 Å². The van der Waals surface area contributed by atoms with Crippen molar-refractivity contribution in [3.8, 4) is 0 Å². The number of carbonyl (C=O) groups is 1. The molecule has 2 fully saturated rings. The van der Waals surface area contributed by atoms with Gasteiger partial charge in [-0.1, -0.05) is 13.8 Å². The molecule has 1 aliphatic heterocycles. The number of amides is 1. The van der Waals surface area contributed by atoms with Crippen LogP contribution in [-0.2, 0) is 9.53 Å². The van der Waals surface area contributed by atoms with Gasteiger partial charge in [0.1, 0.15) is 0 Å². The largest absolute Gasteiger partial charge is 0.381 e. The molecule has 1 heterocycles. The summed E-state index contributed by atoms with van der Waals surface area (Å²) in [5, 5.41) is 6.43. The Labute approximate surface area is 128 Å². The highest BCUT2D eigenvalue weighted by molar-refractivity contribution is 5.85. The van der Waals surface area contributed by atoms with Crippen molar-refractivity contribution >= 4 is 18.3 Å². The van der Waals surface area contributed by atoms with Gasteiger partial charge in [0.05, 0.1) is 0 Å². The molecule has 4 nitrogen and oxygen atoms in total. The smallest absolute Gasteiger partial charge is 0.223 e. The molecule has 2 rings (SSSR count). The van der Waals surface area contributed by atoms with Crippen molar-refractivity contribution in [1.29, 1.82) is 0 Å². The number of nitrogens with one attached hydrogen (secondary N) is 2. The molecule has 1 saturated heterocycles. The van der Waals surface area contributed by atoms with Crippen molar-refractivity contribution in [1.82, 2.24) is 10.6 Å². The van der Waals surface area contributed by atoms with Crippen molar-refractivity contribution in [2.24, 2.45) is 17.3 Å². The summed E-state index contributed by atoms with van der Waals surface area (Å²) in [6.07, 6.45) is 4.36. The number of ether oxygens (including phenoxy) is 1. The van der Waals surface area contributed by atoms with Crippen LogP contribution in [0.1, 0.15) is 39.5 Å². The first-order chi connectivity index (χ1) is 9.14. The monoisotopic (exact) mass is 304 g/mol. The van der Waals surface area contributed by atoms with Crippen LogP contribution in [0.3, 0.4) is 0 Å². The Morgan fingerprint density at radius 2 is 2.10 bits per heavy atom. The predicted octanol–water partition coefficient (Wildman–Crippen LogP) is 1.98. The molecule has 5 heteroatoms. The Bertz CT molecular complexity index is 304. The summed E-state index contributed by atoms with van der Waals surface area (Å²) in [6, 6.07) is 0. The van der Waals surface area contributed by atoms with E-state index >= 15 is 0 Å². The first-order valence-corrected chi connectivity index (χ1v) is 7.70. The molecule has 1 aliphatic carbocycles. The lowest BCUT2D eigenvalue weighted by molar-refractivity contribution is -0.123. The zero-order valence-corrected chi connectivity index (χ0v) is 13.6. The fourth-order valence-electron chi connectivity index (χ4n) is 3.02. The second-order valence-electron chi connectivity index (χ2n) is 6.48. The lowest BCUT2D eigenvalue weighted by Gasteiger charge is -2.23. The number of rotatable bonds is 7. The van der Waals surface area contributed by atoms with Crippen molar-refractivity contribution in [3.05, 3.63) is 0 Å². The first-order valence-electron chi connectivity index (χ1n) is 7.70. The molecule has 20 heavy (non-hydrogen) atoms. The van der Waals surface area contributed by atoms with Gasteiger partial charge >= 0.3 is 0 Å². The molecule has 0 aromatic carbocycles. The van der Waals surface area contributed by atoms with Crippen molar-refractivity contribution in [3.63, 3.8) is 0 Å². The SMILES string of the molecule is CC(C)COCCCNC(=O)C1CC12CCNCC2.Cl. The van der Waals surface area contributed by atoms with Gasteiger partial charge in [0.2, 0.25) is 5.91 Å². The predicted molar refractivity (Wildman–Crippen MR) is 83.2 cm³/mol. The van der Waals surface area contributed by atoms with Crippen LogP contribution < -0.4 is 10.6 Å². The lowest BCUT2D eigenvalue weighted by atomic mass is 9.92. The average Bonchev–Trinajstić information content (AvgIpc) is 3.07. The maximum absolute atomic E-state index is 12.0. The summed E-state index contributed by atoms with van der Waals surface area (Å²) in [5.41, 5.74) is 0.351. The van der Waals surface area contributed by atoms with Crippen LogP contribution in [0.5, 0.6) is 0 Å². The van der Waals surface area contributed by atoms with Crippen molar-refractivity contribution < 1.29 is 9.53 Å². The van der Waals surface area contributed by atoms with E-state index in [1.807, 2.05) is 0 Å². The average molecular weight is 305 g/mol. The van der Waals surface area contributed by atoms with E-state index < -0.39 is 0 Å². The van der Waals surface area contributed by atoms with E-state index in [-0.39, 0.29) is 24.2 Å². The fraction of sp³-hybridized carbons (Fsp3) is 0.933. The zero-order chi connectivity index (χ0) is 13.7. The van der Waals surface area contributed by atoms with Gasteiger partial charge in [-0.15, -0.1) is 12.4 Å². The van der Waals surface area contributed by atoms with E-state index in [2.05, 4.69) is 24.5 Å². The summed E-state index contributed by atoms with van der Waals surface area (Å²) in [6.45, 7) is 8.76. The minimum atomic E-state index is 0. The van der Waals surface area contributed by atoms with Gasteiger partial charge in [-0.25, -0.2) is 0 Å². The second-order valence-corrected chi connectivity index (χ2v) is 6.48. The number of hydrogen-bond acceptors (Lipinski definition) is 3. The van der Waals surface area contributed by atoms with Gasteiger partial charge in [-0.05, 0) is 50.1 Å². The molecular formula is C15H29ClN2O2. The van der Waals surface area contributed by atoms with Crippen molar-refractivity contribution in [2.75, 3.05) is 32.8 Å². The molecule has 0 bridgehead atoms. The van der Waals surface area contributed by atoms with Crippen LogP contribution in [0.15, 0.2) is 0 Å². The van der Waals surface area contributed by atoms with Gasteiger partial charge in [-0.3, -0.25) is 4.79 Å². The Kier molecular flexibility index (Phi) is 7.27. The van der Waals surface area contributed by atoms with Crippen LogP contribution in [0.25, 0.3) is 0 Å². The second kappa shape index (κ2) is 8.20. The topological polar surface area (TPSA) is 50.4 Å². The summed E-state index contributed by atoms with van der Waals surface area (Å²) in [4.78, 5) is 12.0. The van der Waals surface area contributed by atoms with Crippen LogP contribution in [0, 0.1) is 17.3 Å². The minimum Gasteiger partial charge on any atom is -0.381 e. The van der Waals surface area contributed by atoms with Gasteiger partial charge in [0.25, 0.3) is 0 Å². The molecule has 2 aliphatic rings. The third-order valence-corrected chi connectivity index (χ3v) is 4.32. The van der Waals surface area contributed by atoms with E-state index in [1.165, 1.54) is 12.8 Å². The molecule has 118 valence electrons. The van der Waals surface area contributed by atoms with Crippen LogP contribution in [0.2, 0.25) is 0 Å². The first kappa shape index (κ1) is 17.7. The molecule has 2 N–H and O–H groups in total. The summed E-state index contributed by atoms with van der Waals surface area (Å²) < 4.78 is 5.50. The van der Waals surface area contributed by atoms with Crippen LogP contribution in [-0.4, -0.2) is 38.8 Å². The van der Waals surface area contributed by atoms with Crippen molar-refractivity contribution in [2.45, 2.75) is 39.5 Å². The van der Waals surface area contributed by atoms with E-state index in [0.717, 1.165) is 45.7 Å². The number of carbonyl (C=O) groups excluding carboxylic acids is 1. The third-order valence-electron chi connectivity index (χ3n) is 4.32. The quantitative estimate of drug-likeness (QED) is 0.707. The van der Waals surface area contributed by atoms with E-state index in [9.17, 15) is 4.79 Å². The Morgan fingerprint density at radius 3 is 2.75 bits per heavy atom. The Balaban J connectivity index is 0.00000200. The number of halogens is 1. The maximum Gasteiger partial charge on any atom is 0.223 e. The standard InChI is InChI=1S/C15H28N2O2.ClH/c1-12(2)11-19-9-3-6-17-14(18)13-10-15(13)4-7-16-8-5-15;/h12-13,16H,3-11H2,1-2H3,(H,17,18);1H. The normalized spacial score (nSPS) is 23.4. The van der Waals surface area contributed by atoms with Gasteiger partial charge in [-0.2, -0.15) is 0 Å².